The van der Waals surface area contributed by atoms with Crippen molar-refractivity contribution in [3.63, 3.8) is 0 Å². The summed E-state index contributed by atoms with van der Waals surface area (Å²) in [4.78, 5) is 30.1. The molecule has 1 N–H and O–H groups in total. The molecule has 2 heterocycles. The standard InChI is InChI=1S/C21H16N2O3S2/c1-27-15-8-6-13(7-9-15)10-19(24)23-21-22-17(12-28-21)16-11-14-4-2-3-5-18(14)26-20(16)25/h2-9,11-12H,10H2,1H3,(H,22,23,24). The van der Waals surface area contributed by atoms with E-state index in [1.807, 2.05) is 48.7 Å². The molecule has 0 unspecified atom stereocenters. The largest absolute Gasteiger partial charge is 0.422 e. The first-order valence-electron chi connectivity index (χ1n) is 8.54. The number of nitrogens with zero attached hydrogens (tertiary/aromatic N) is 1. The molecular weight excluding hydrogens is 392 g/mol. The molecule has 2 aromatic heterocycles. The van der Waals surface area contributed by atoms with Crippen molar-refractivity contribution in [3.8, 4) is 11.3 Å². The van der Waals surface area contributed by atoms with Crippen LogP contribution in [0.3, 0.4) is 0 Å². The molecule has 0 aliphatic heterocycles. The maximum atomic E-state index is 12.3. The lowest BCUT2D eigenvalue weighted by molar-refractivity contribution is -0.115. The van der Waals surface area contributed by atoms with Crippen molar-refractivity contribution in [1.82, 2.24) is 4.98 Å². The quantitative estimate of drug-likeness (QED) is 0.379. The number of benzene rings is 2. The highest BCUT2D eigenvalue weighted by Gasteiger charge is 2.13. The van der Waals surface area contributed by atoms with E-state index < -0.39 is 5.63 Å². The number of carbonyl (C=O) groups excluding carboxylic acids is 1. The van der Waals surface area contributed by atoms with E-state index in [-0.39, 0.29) is 12.3 Å². The van der Waals surface area contributed by atoms with Gasteiger partial charge < -0.3 is 9.73 Å². The number of thioether (sulfide) groups is 1. The van der Waals surface area contributed by atoms with E-state index >= 15 is 0 Å². The Hall–Kier alpha value is -2.90. The molecule has 7 heteroatoms. The second kappa shape index (κ2) is 8.00. The van der Waals surface area contributed by atoms with Gasteiger partial charge in [-0.2, -0.15) is 0 Å². The van der Waals surface area contributed by atoms with Crippen molar-refractivity contribution in [2.45, 2.75) is 11.3 Å². The first-order chi connectivity index (χ1) is 13.6. The number of rotatable bonds is 5. The Morgan fingerprint density at radius 2 is 1.96 bits per heavy atom. The Labute approximate surface area is 169 Å². The van der Waals surface area contributed by atoms with Crippen LogP contribution in [0.4, 0.5) is 5.13 Å². The Bertz CT molecular complexity index is 1200. The summed E-state index contributed by atoms with van der Waals surface area (Å²) in [6.07, 6.45) is 2.28. The molecule has 0 radical (unpaired) electrons. The van der Waals surface area contributed by atoms with Gasteiger partial charge in [-0.15, -0.1) is 23.1 Å². The van der Waals surface area contributed by atoms with Crippen molar-refractivity contribution in [2.24, 2.45) is 0 Å². The number of anilines is 1. The SMILES string of the molecule is CSc1ccc(CC(=O)Nc2nc(-c3cc4ccccc4oc3=O)cs2)cc1. The summed E-state index contributed by atoms with van der Waals surface area (Å²) >= 11 is 2.94. The number of hydrogen-bond acceptors (Lipinski definition) is 6. The van der Waals surface area contributed by atoms with Gasteiger partial charge in [0.1, 0.15) is 5.58 Å². The molecule has 0 atom stereocenters. The average Bonchev–Trinajstić information content (AvgIpc) is 3.16. The van der Waals surface area contributed by atoms with Crippen LogP contribution in [-0.4, -0.2) is 17.1 Å². The summed E-state index contributed by atoms with van der Waals surface area (Å²) < 4.78 is 5.36. The number of para-hydroxylation sites is 1. The molecule has 28 heavy (non-hydrogen) atoms. The van der Waals surface area contributed by atoms with E-state index in [2.05, 4.69) is 10.3 Å². The Balaban J connectivity index is 1.50. The number of fused-ring (bicyclic) bond motifs is 1. The summed E-state index contributed by atoms with van der Waals surface area (Å²) in [5.74, 6) is -0.150. The van der Waals surface area contributed by atoms with Gasteiger partial charge in [-0.3, -0.25) is 4.79 Å². The lowest BCUT2D eigenvalue weighted by atomic mass is 10.1. The second-order valence-electron chi connectivity index (χ2n) is 6.10. The molecular formula is C21H16N2O3S2. The molecule has 140 valence electrons. The fourth-order valence-corrected chi connectivity index (χ4v) is 3.92. The third-order valence-corrected chi connectivity index (χ3v) is 5.69. The normalized spacial score (nSPS) is 10.9. The number of aromatic nitrogens is 1. The van der Waals surface area contributed by atoms with E-state index in [0.29, 0.717) is 22.0 Å². The zero-order valence-electron chi connectivity index (χ0n) is 15.0. The predicted molar refractivity (Wildman–Crippen MR) is 114 cm³/mol. The molecule has 2 aromatic carbocycles. The summed E-state index contributed by atoms with van der Waals surface area (Å²) in [7, 11) is 0. The Kier molecular flexibility index (Phi) is 5.27. The first kappa shape index (κ1) is 18.5. The van der Waals surface area contributed by atoms with E-state index in [4.69, 9.17) is 4.42 Å². The maximum absolute atomic E-state index is 12.3. The van der Waals surface area contributed by atoms with Gasteiger partial charge in [-0.1, -0.05) is 30.3 Å². The number of hydrogen-bond donors (Lipinski definition) is 1. The van der Waals surface area contributed by atoms with Crippen molar-refractivity contribution in [3.05, 3.63) is 76.0 Å². The molecule has 0 spiro atoms. The van der Waals surface area contributed by atoms with E-state index in [1.165, 1.54) is 11.3 Å². The van der Waals surface area contributed by atoms with Gasteiger partial charge in [0.25, 0.3) is 0 Å². The fourth-order valence-electron chi connectivity index (χ4n) is 2.79. The highest BCUT2D eigenvalue weighted by atomic mass is 32.2. The highest BCUT2D eigenvalue weighted by Crippen LogP contribution is 2.25. The third kappa shape index (κ3) is 4.00. The Morgan fingerprint density at radius 1 is 1.18 bits per heavy atom. The van der Waals surface area contributed by atoms with Crippen LogP contribution in [0.1, 0.15) is 5.56 Å². The molecule has 0 saturated carbocycles. The van der Waals surface area contributed by atoms with Gasteiger partial charge in [0, 0.05) is 15.7 Å². The first-order valence-corrected chi connectivity index (χ1v) is 10.6. The van der Waals surface area contributed by atoms with E-state index in [1.54, 1.807) is 29.3 Å². The van der Waals surface area contributed by atoms with Gasteiger partial charge in [0.05, 0.1) is 17.7 Å². The van der Waals surface area contributed by atoms with Crippen LogP contribution in [0, 0.1) is 0 Å². The van der Waals surface area contributed by atoms with Gasteiger partial charge in [-0.25, -0.2) is 9.78 Å². The van der Waals surface area contributed by atoms with E-state index in [9.17, 15) is 9.59 Å². The van der Waals surface area contributed by atoms with Crippen LogP contribution in [0.2, 0.25) is 0 Å². The molecule has 0 aliphatic rings. The molecule has 5 nitrogen and oxygen atoms in total. The zero-order chi connectivity index (χ0) is 19.5. The monoisotopic (exact) mass is 408 g/mol. The number of amides is 1. The summed E-state index contributed by atoms with van der Waals surface area (Å²) in [5, 5.41) is 5.81. The minimum Gasteiger partial charge on any atom is -0.422 e. The Morgan fingerprint density at radius 3 is 2.75 bits per heavy atom. The summed E-state index contributed by atoms with van der Waals surface area (Å²) in [5.41, 5.74) is 1.89. The maximum Gasteiger partial charge on any atom is 0.345 e. The topological polar surface area (TPSA) is 72.2 Å². The van der Waals surface area contributed by atoms with Crippen molar-refractivity contribution >= 4 is 45.1 Å². The van der Waals surface area contributed by atoms with Crippen molar-refractivity contribution < 1.29 is 9.21 Å². The molecule has 0 fully saturated rings. The van der Waals surface area contributed by atoms with Crippen LogP contribution < -0.4 is 10.9 Å². The van der Waals surface area contributed by atoms with Gasteiger partial charge in [0.2, 0.25) is 5.91 Å². The zero-order valence-corrected chi connectivity index (χ0v) is 16.6. The highest BCUT2D eigenvalue weighted by molar-refractivity contribution is 7.98. The molecule has 4 aromatic rings. The lowest BCUT2D eigenvalue weighted by Crippen LogP contribution is -2.14. The summed E-state index contributed by atoms with van der Waals surface area (Å²) in [6, 6.07) is 17.0. The predicted octanol–water partition coefficient (Wildman–Crippen LogP) is 4.82. The molecule has 4 rings (SSSR count). The number of thiazole rings is 1. The molecule has 0 bridgehead atoms. The van der Waals surface area contributed by atoms with E-state index in [0.717, 1.165) is 15.8 Å². The van der Waals surface area contributed by atoms with Crippen molar-refractivity contribution in [2.75, 3.05) is 11.6 Å². The number of nitrogens with one attached hydrogen (secondary N) is 1. The van der Waals surface area contributed by atoms with Crippen molar-refractivity contribution in [1.29, 1.82) is 0 Å². The average molecular weight is 409 g/mol. The third-order valence-electron chi connectivity index (χ3n) is 4.19. The van der Waals surface area contributed by atoms with Gasteiger partial charge in [0.15, 0.2) is 5.13 Å². The minimum atomic E-state index is -0.448. The van der Waals surface area contributed by atoms with Crippen LogP contribution in [0.25, 0.3) is 22.2 Å². The number of carbonyl (C=O) groups is 1. The van der Waals surface area contributed by atoms with Gasteiger partial charge >= 0.3 is 5.63 Å². The second-order valence-corrected chi connectivity index (χ2v) is 7.83. The molecule has 0 saturated heterocycles. The molecule has 1 amide bonds. The smallest absolute Gasteiger partial charge is 0.345 e. The van der Waals surface area contributed by atoms with Crippen LogP contribution in [0.5, 0.6) is 0 Å². The fraction of sp³-hybridized carbons (Fsp3) is 0.0952. The van der Waals surface area contributed by atoms with Crippen LogP contribution in [0.15, 0.2) is 74.1 Å². The lowest BCUT2D eigenvalue weighted by Gasteiger charge is -2.03. The van der Waals surface area contributed by atoms with Gasteiger partial charge in [-0.05, 0) is 36.1 Å². The minimum absolute atomic E-state index is 0.150. The van der Waals surface area contributed by atoms with Crippen LogP contribution in [-0.2, 0) is 11.2 Å². The van der Waals surface area contributed by atoms with Crippen LogP contribution >= 0.6 is 23.1 Å². The summed E-state index contributed by atoms with van der Waals surface area (Å²) in [6.45, 7) is 0. The molecule has 0 aliphatic carbocycles.